The highest BCUT2D eigenvalue weighted by molar-refractivity contribution is 6.48. The molecule has 0 bridgehead atoms. The van der Waals surface area contributed by atoms with Crippen LogP contribution >= 0.6 is 0 Å². The van der Waals surface area contributed by atoms with E-state index < -0.39 is 9.20 Å². The molecule has 0 saturated carbocycles. The molecule has 0 aliphatic carbocycles. The van der Waals surface area contributed by atoms with E-state index in [1.54, 1.807) is 0 Å². The van der Waals surface area contributed by atoms with Crippen molar-refractivity contribution in [3.63, 3.8) is 0 Å². The van der Waals surface area contributed by atoms with E-state index in [1.165, 1.54) is 44.7 Å². The summed E-state index contributed by atoms with van der Waals surface area (Å²) < 4.78 is 8.66. The first kappa shape index (κ1) is 9.68. The molecule has 0 radical (unpaired) electrons. The number of rotatable bonds is 1. The molecule has 0 aromatic rings. The van der Waals surface area contributed by atoms with Gasteiger partial charge >= 0.3 is 0 Å². The van der Waals surface area contributed by atoms with Crippen molar-refractivity contribution in [3.8, 4) is 0 Å². The molecule has 2 rings (SSSR count). The summed E-state index contributed by atoms with van der Waals surface area (Å²) in [6.45, 7) is 4.74. The molecular formula is C10H21NOSi. The van der Waals surface area contributed by atoms with Gasteiger partial charge in [-0.2, -0.15) is 0 Å². The number of piperidine rings is 1. The molecule has 2 aliphatic rings. The monoisotopic (exact) mass is 199 g/mol. The van der Waals surface area contributed by atoms with Crippen molar-refractivity contribution in [1.29, 1.82) is 0 Å². The highest BCUT2D eigenvalue weighted by atomic mass is 28.3. The van der Waals surface area contributed by atoms with Crippen LogP contribution in [0, 0.1) is 0 Å². The minimum Gasteiger partial charge on any atom is -0.405 e. The summed E-state index contributed by atoms with van der Waals surface area (Å²) in [6.07, 6.45) is 6.94. The maximum Gasteiger partial charge on any atom is 0.255 e. The molecule has 76 valence electrons. The molecule has 0 amide bonds. The van der Waals surface area contributed by atoms with Gasteiger partial charge in [-0.1, -0.05) is 19.8 Å². The number of nitrogens with zero attached hydrogens (tertiary/aromatic N) is 1. The van der Waals surface area contributed by atoms with Crippen LogP contribution in [0.5, 0.6) is 0 Å². The second-order valence-electron chi connectivity index (χ2n) is 4.40. The lowest BCUT2D eigenvalue weighted by molar-refractivity contribution is 0.183. The van der Waals surface area contributed by atoms with Crippen LogP contribution in [0.2, 0.25) is 6.04 Å². The van der Waals surface area contributed by atoms with Gasteiger partial charge in [0.1, 0.15) is 0 Å². The summed E-state index contributed by atoms with van der Waals surface area (Å²) in [4.78, 5) is 0. The lowest BCUT2D eigenvalue weighted by atomic mass is 10.1. The van der Waals surface area contributed by atoms with E-state index in [2.05, 4.69) is 11.5 Å². The van der Waals surface area contributed by atoms with E-state index in [4.69, 9.17) is 4.43 Å². The SMILES string of the molecule is CC1CCCCN1[SiH]1CCCCO1. The van der Waals surface area contributed by atoms with E-state index in [1.807, 2.05) is 0 Å². The fraction of sp³-hybridized carbons (Fsp3) is 1.00. The van der Waals surface area contributed by atoms with Crippen molar-refractivity contribution in [2.45, 2.75) is 51.1 Å². The summed E-state index contributed by atoms with van der Waals surface area (Å²) in [5.74, 6) is 0. The molecular weight excluding hydrogens is 178 g/mol. The van der Waals surface area contributed by atoms with Crippen LogP contribution in [0.25, 0.3) is 0 Å². The molecule has 2 unspecified atom stereocenters. The Morgan fingerprint density at radius 2 is 2.15 bits per heavy atom. The summed E-state index contributed by atoms with van der Waals surface area (Å²) in [5.41, 5.74) is 0. The summed E-state index contributed by atoms with van der Waals surface area (Å²) in [5, 5.41) is 0. The van der Waals surface area contributed by atoms with Crippen LogP contribution in [0.3, 0.4) is 0 Å². The Balaban J connectivity index is 1.88. The average Bonchev–Trinajstić information content (AvgIpc) is 2.20. The molecule has 2 nitrogen and oxygen atoms in total. The quantitative estimate of drug-likeness (QED) is 0.598. The van der Waals surface area contributed by atoms with Crippen LogP contribution < -0.4 is 0 Å². The third kappa shape index (κ3) is 2.33. The zero-order chi connectivity index (χ0) is 9.10. The molecule has 2 aliphatic heterocycles. The van der Waals surface area contributed by atoms with Crippen LogP contribution in [0.1, 0.15) is 39.0 Å². The Bertz CT molecular complexity index is 159. The van der Waals surface area contributed by atoms with Gasteiger partial charge in [0.15, 0.2) is 0 Å². The zero-order valence-electron chi connectivity index (χ0n) is 8.67. The van der Waals surface area contributed by atoms with Gasteiger partial charge in [0, 0.05) is 12.6 Å². The maximum atomic E-state index is 5.95. The molecule has 0 aromatic carbocycles. The molecule has 2 heterocycles. The molecule has 13 heavy (non-hydrogen) atoms. The number of hydrogen-bond donors (Lipinski definition) is 0. The summed E-state index contributed by atoms with van der Waals surface area (Å²) in [6, 6.07) is 2.20. The van der Waals surface area contributed by atoms with Crippen molar-refractivity contribution in [1.82, 2.24) is 4.57 Å². The van der Waals surface area contributed by atoms with Gasteiger partial charge < -0.3 is 8.99 Å². The van der Waals surface area contributed by atoms with Crippen LogP contribution in [0.4, 0.5) is 0 Å². The lowest BCUT2D eigenvalue weighted by Gasteiger charge is -2.39. The summed E-state index contributed by atoms with van der Waals surface area (Å²) >= 11 is 0. The minimum absolute atomic E-state index is 0.809. The molecule has 2 saturated heterocycles. The molecule has 0 spiro atoms. The Morgan fingerprint density at radius 1 is 1.23 bits per heavy atom. The predicted molar refractivity (Wildman–Crippen MR) is 57.2 cm³/mol. The first-order valence-electron chi connectivity index (χ1n) is 5.75. The predicted octanol–water partition coefficient (Wildman–Crippen LogP) is 1.89. The second-order valence-corrected chi connectivity index (χ2v) is 6.89. The van der Waals surface area contributed by atoms with Crippen LogP contribution in [0.15, 0.2) is 0 Å². The van der Waals surface area contributed by atoms with Gasteiger partial charge in [0.25, 0.3) is 9.20 Å². The van der Waals surface area contributed by atoms with E-state index >= 15 is 0 Å². The van der Waals surface area contributed by atoms with Gasteiger partial charge in [-0.05, 0) is 31.9 Å². The van der Waals surface area contributed by atoms with Gasteiger partial charge in [-0.3, -0.25) is 0 Å². The first-order valence-corrected chi connectivity index (χ1v) is 7.56. The summed E-state index contributed by atoms with van der Waals surface area (Å²) in [7, 11) is -0.932. The van der Waals surface area contributed by atoms with Crippen molar-refractivity contribution in [2.24, 2.45) is 0 Å². The van der Waals surface area contributed by atoms with Crippen molar-refractivity contribution < 1.29 is 4.43 Å². The Kier molecular flexibility index (Phi) is 3.41. The van der Waals surface area contributed by atoms with Crippen molar-refractivity contribution in [2.75, 3.05) is 13.2 Å². The van der Waals surface area contributed by atoms with Gasteiger partial charge in [0.05, 0.1) is 0 Å². The highest BCUT2D eigenvalue weighted by Crippen LogP contribution is 2.22. The zero-order valence-corrected chi connectivity index (χ0v) is 9.82. The molecule has 2 atom stereocenters. The van der Waals surface area contributed by atoms with Crippen molar-refractivity contribution >= 4 is 9.20 Å². The van der Waals surface area contributed by atoms with Crippen molar-refractivity contribution in [3.05, 3.63) is 0 Å². The maximum absolute atomic E-state index is 5.95. The number of hydrogen-bond acceptors (Lipinski definition) is 2. The normalized spacial score (nSPS) is 37.6. The smallest absolute Gasteiger partial charge is 0.255 e. The Morgan fingerprint density at radius 3 is 2.85 bits per heavy atom. The molecule has 2 fully saturated rings. The third-order valence-corrected chi connectivity index (χ3v) is 6.41. The topological polar surface area (TPSA) is 12.5 Å². The van der Waals surface area contributed by atoms with Gasteiger partial charge in [0.2, 0.25) is 0 Å². The Labute approximate surface area is 83.1 Å². The fourth-order valence-corrected chi connectivity index (χ4v) is 5.49. The fourth-order valence-electron chi connectivity index (χ4n) is 2.53. The highest BCUT2D eigenvalue weighted by Gasteiger charge is 2.29. The molecule has 0 N–H and O–H groups in total. The molecule has 0 aromatic heterocycles. The first-order chi connectivity index (χ1) is 6.38. The second kappa shape index (κ2) is 4.58. The Hall–Kier alpha value is 0.137. The minimum atomic E-state index is -0.932. The molecule has 3 heteroatoms. The third-order valence-electron chi connectivity index (χ3n) is 3.38. The van der Waals surface area contributed by atoms with Gasteiger partial charge in [-0.15, -0.1) is 0 Å². The van der Waals surface area contributed by atoms with E-state index in [-0.39, 0.29) is 0 Å². The lowest BCUT2D eigenvalue weighted by Crippen LogP contribution is -2.50. The van der Waals surface area contributed by atoms with E-state index in [9.17, 15) is 0 Å². The van der Waals surface area contributed by atoms with E-state index in [0.717, 1.165) is 12.6 Å². The average molecular weight is 199 g/mol. The largest absolute Gasteiger partial charge is 0.405 e. The standard InChI is InChI=1S/C10H21NOSi/c1-10-6-2-3-7-11(10)13-9-5-4-8-12-13/h10,13H,2-9H2,1H3. The van der Waals surface area contributed by atoms with Crippen LogP contribution in [-0.2, 0) is 4.43 Å². The van der Waals surface area contributed by atoms with E-state index in [0.29, 0.717) is 0 Å². The van der Waals surface area contributed by atoms with Crippen LogP contribution in [-0.4, -0.2) is 33.0 Å². The van der Waals surface area contributed by atoms with Gasteiger partial charge in [-0.25, -0.2) is 0 Å².